The Hall–Kier alpha value is 0.822. The number of unbranched alkanes of at least 4 members (excludes halogenated alkanes) is 1. The largest absolute Gasteiger partial charge is 0.195 e. The lowest BCUT2D eigenvalue weighted by Crippen LogP contribution is -1.76. The Morgan fingerprint density at radius 3 is 2.14 bits per heavy atom. The minimum atomic E-state index is 0. The van der Waals surface area contributed by atoms with Crippen LogP contribution < -0.4 is 0 Å². The summed E-state index contributed by atoms with van der Waals surface area (Å²) in [6.07, 6.45) is 2.83. The lowest BCUT2D eigenvalue weighted by Gasteiger charge is -1.84. The highest BCUT2D eigenvalue weighted by atomic mass is 35.5. The maximum absolute atomic E-state index is 2.32. The summed E-state index contributed by atoms with van der Waals surface area (Å²) in [5.41, 5.74) is 0. The third-order valence-corrected chi connectivity index (χ3v) is 1.83. The van der Waals surface area contributed by atoms with Crippen molar-refractivity contribution in [1.29, 1.82) is 0 Å². The molecule has 0 atom stereocenters. The van der Waals surface area contributed by atoms with Gasteiger partial charge in [0.05, 0.1) is 0 Å². The van der Waals surface area contributed by atoms with Crippen LogP contribution in [0.5, 0.6) is 0 Å². The van der Waals surface area contributed by atoms with E-state index in [2.05, 4.69) is 12.7 Å². The summed E-state index contributed by atoms with van der Waals surface area (Å²) < 4.78 is 0. The molecular weight excluding hydrogens is 122 g/mol. The van der Waals surface area contributed by atoms with Crippen molar-refractivity contribution in [2.45, 2.75) is 30.8 Å². The molecule has 0 saturated heterocycles. The first kappa shape index (κ1) is 10.7. The average Bonchev–Trinajstić information content (AvgIpc) is 1.61. The van der Waals surface area contributed by atoms with E-state index in [0.29, 0.717) is 0 Å². The van der Waals surface area contributed by atoms with E-state index in [9.17, 15) is 0 Å². The normalized spacial score (nSPS) is 7.14. The molecule has 0 aliphatic carbocycles. The van der Waals surface area contributed by atoms with Crippen LogP contribution in [0.1, 0.15) is 19.8 Å². The van der Waals surface area contributed by atoms with Gasteiger partial charge in [-0.1, -0.05) is 19.8 Å². The Kier molecular flexibility index (Phi) is 15.3. The van der Waals surface area contributed by atoms with Crippen LogP contribution in [0.3, 0.4) is 0 Å². The first-order chi connectivity index (χ1) is 2.91. The highest BCUT2D eigenvalue weighted by Crippen LogP contribution is 1.90. The lowest BCUT2D eigenvalue weighted by molar-refractivity contribution is 0.880. The second-order valence-corrected chi connectivity index (χ2v) is 2.94. The van der Waals surface area contributed by atoms with Crippen LogP contribution in [0.25, 0.3) is 0 Å². The molecule has 0 bridgehead atoms. The van der Waals surface area contributed by atoms with E-state index in [4.69, 9.17) is 0 Å². The van der Waals surface area contributed by atoms with E-state index in [1.165, 1.54) is 18.1 Å². The zero-order valence-corrected chi connectivity index (χ0v) is 7.08. The second-order valence-electron chi connectivity index (χ2n) is 1.55. The molecule has 0 aromatic carbocycles. The van der Waals surface area contributed by atoms with E-state index >= 15 is 0 Å². The number of halogens is 1. The summed E-state index contributed by atoms with van der Waals surface area (Å²) >= 11 is 0.784. The molecule has 0 saturated carbocycles. The maximum Gasteiger partial charge on any atom is 0.195 e. The van der Waals surface area contributed by atoms with Crippen LogP contribution in [-0.4, -0.2) is 15.2 Å². The Balaban J connectivity index is 0. The van der Waals surface area contributed by atoms with Gasteiger partial charge in [0.25, 0.3) is 0 Å². The second kappa shape index (κ2) is 9.95. The smallest absolute Gasteiger partial charge is 0.147 e. The van der Waals surface area contributed by atoms with Crippen LogP contribution >= 0.6 is 12.4 Å². The molecule has 0 amide bonds. The predicted molar refractivity (Wildman–Crippen MR) is 38.6 cm³/mol. The molecule has 0 fully saturated rings. The van der Waals surface area contributed by atoms with E-state index in [0.717, 1.165) is 15.2 Å². The van der Waals surface area contributed by atoms with Gasteiger partial charge >= 0.3 is 0 Å². The van der Waals surface area contributed by atoms with Crippen molar-refractivity contribution in [3.05, 3.63) is 0 Å². The predicted octanol–water partition coefficient (Wildman–Crippen LogP) is 2.38. The Morgan fingerprint density at radius 2 is 2.00 bits per heavy atom. The lowest BCUT2D eigenvalue weighted by atomic mass is 10.4. The van der Waals surface area contributed by atoms with Crippen molar-refractivity contribution in [3.63, 3.8) is 0 Å². The third kappa shape index (κ3) is 10.9. The highest BCUT2D eigenvalue weighted by molar-refractivity contribution is 6.33. The van der Waals surface area contributed by atoms with Gasteiger partial charge < -0.3 is 0 Å². The van der Waals surface area contributed by atoms with Crippen LogP contribution in [0.15, 0.2) is 0 Å². The molecule has 0 spiro atoms. The molecule has 0 aliphatic heterocycles. The van der Waals surface area contributed by atoms with Gasteiger partial charge in [0, 0.05) is 0 Å². The van der Waals surface area contributed by atoms with Gasteiger partial charge in [0.1, 0.15) is 0 Å². The van der Waals surface area contributed by atoms with Crippen LogP contribution in [0.2, 0.25) is 11.1 Å². The monoisotopic (exact) mass is 135 g/mol. The minimum absolute atomic E-state index is 0. The fourth-order valence-corrected chi connectivity index (χ4v) is 1.22. The Labute approximate surface area is 58.8 Å². The van der Waals surface area contributed by atoms with Crippen molar-refractivity contribution in [2.24, 2.45) is 0 Å². The van der Waals surface area contributed by atoms with E-state index in [1.807, 2.05) is 0 Å². The Morgan fingerprint density at radius 1 is 1.43 bits per heavy atom. The van der Waals surface area contributed by atoms with Gasteiger partial charge in [-0.25, -0.2) is 0 Å². The summed E-state index contributed by atoms with van der Waals surface area (Å²) in [7, 11) is 0. The zero-order chi connectivity index (χ0) is 4.83. The molecule has 0 N–H and O–H groups in total. The molecule has 0 aliphatic rings. The number of hydrogen-bond acceptors (Lipinski definition) is 0. The molecule has 0 aromatic rings. The van der Waals surface area contributed by atoms with Gasteiger partial charge in [-0.05, 0) is 0 Å². The molecule has 7 heavy (non-hydrogen) atoms. The van der Waals surface area contributed by atoms with Crippen molar-refractivity contribution in [3.8, 4) is 0 Å². The molecule has 0 heterocycles. The summed E-state index contributed by atoms with van der Waals surface area (Å²) in [5, 5.41) is 1.50. The van der Waals surface area contributed by atoms with E-state index in [1.54, 1.807) is 0 Å². The third-order valence-electron chi connectivity index (χ3n) is 0.846. The summed E-state index contributed by atoms with van der Waals surface area (Å²) in [6, 6.07) is 0. The van der Waals surface area contributed by atoms with E-state index in [-0.39, 0.29) is 12.4 Å². The van der Waals surface area contributed by atoms with E-state index < -0.39 is 0 Å². The molecule has 0 aromatic heterocycles. The van der Waals surface area contributed by atoms with Crippen molar-refractivity contribution in [2.75, 3.05) is 0 Å². The summed E-state index contributed by atoms with van der Waals surface area (Å²) in [4.78, 5) is 0. The van der Waals surface area contributed by atoms with Crippen LogP contribution in [0, 0.1) is 0 Å². The highest BCUT2D eigenvalue weighted by Gasteiger charge is 1.78. The summed E-state index contributed by atoms with van der Waals surface area (Å²) in [5.74, 6) is 2.32. The maximum atomic E-state index is 2.32. The average molecular weight is 136 g/mol. The minimum Gasteiger partial charge on any atom is -0.147 e. The van der Waals surface area contributed by atoms with Crippen LogP contribution in [-0.2, 0) is 0 Å². The fraction of sp³-hybridized carbons (Fsp3) is 1.00. The van der Waals surface area contributed by atoms with Gasteiger partial charge in [-0.3, -0.25) is 0 Å². The van der Waals surface area contributed by atoms with Gasteiger partial charge in [0.2, 0.25) is 0 Å². The molecule has 0 unspecified atom stereocenters. The first-order valence-corrected chi connectivity index (χ1v) is 4.66. The van der Waals surface area contributed by atoms with Crippen LogP contribution in [0.4, 0.5) is 0 Å². The first-order valence-electron chi connectivity index (χ1n) is 2.69. The molecule has 0 rings (SSSR count). The fourth-order valence-electron chi connectivity index (χ4n) is 0.408. The molecular formula is C5H13AlCl. The summed E-state index contributed by atoms with van der Waals surface area (Å²) in [6.45, 7) is 2.25. The molecule has 2 heteroatoms. The zero-order valence-electron chi connectivity index (χ0n) is 5.11. The Bertz CT molecular complexity index is 20.0. The standard InChI is InChI=1S/C4H9.CH3.Al.ClH/c1-3-4-2;;;/h1,3-4H2,2H3;1H3;;1H. The number of hydrogen-bond donors (Lipinski definition) is 0. The molecule has 0 nitrogen and oxygen atoms in total. The van der Waals surface area contributed by atoms with Gasteiger partial charge in [-0.2, -0.15) is 0 Å². The SMILES string of the molecule is CCC[CH2][Al][CH3].Cl. The molecule has 1 radical (unpaired) electrons. The molecule has 43 valence electrons. The van der Waals surface area contributed by atoms with Crippen molar-refractivity contribution >= 4 is 27.6 Å². The van der Waals surface area contributed by atoms with Crippen molar-refractivity contribution in [1.82, 2.24) is 0 Å². The topological polar surface area (TPSA) is 0 Å². The van der Waals surface area contributed by atoms with Crippen molar-refractivity contribution < 1.29 is 0 Å². The van der Waals surface area contributed by atoms with Gasteiger partial charge in [0.15, 0.2) is 15.2 Å². The van der Waals surface area contributed by atoms with Gasteiger partial charge in [-0.15, -0.1) is 23.5 Å². The number of rotatable bonds is 3. The quantitative estimate of drug-likeness (QED) is 0.412.